The summed E-state index contributed by atoms with van der Waals surface area (Å²) in [7, 11) is 1.25. The molecule has 0 bridgehead atoms. The Hall–Kier alpha value is -1.63. The number of hydrogen-bond donors (Lipinski definition) is 2. The van der Waals surface area contributed by atoms with Crippen LogP contribution in [-0.4, -0.2) is 35.3 Å². The Balaban J connectivity index is 2.66. The molecule has 0 aliphatic carbocycles. The molecule has 1 heterocycles. The highest BCUT2D eigenvalue weighted by Crippen LogP contribution is 2.00. The zero-order chi connectivity index (χ0) is 13.7. The first-order chi connectivity index (χ1) is 8.45. The third-order valence-electron chi connectivity index (χ3n) is 2.20. The maximum absolute atomic E-state index is 11.7. The molecule has 2 N–H and O–H groups in total. The molecular weight excluding hydrogens is 304 g/mol. The average molecular weight is 317 g/mol. The van der Waals surface area contributed by atoms with E-state index in [1.54, 1.807) is 6.92 Å². The number of pyridine rings is 1. The molecule has 0 aliphatic heterocycles. The van der Waals surface area contributed by atoms with Gasteiger partial charge in [0.15, 0.2) is 5.43 Å². The third kappa shape index (κ3) is 3.69. The summed E-state index contributed by atoms with van der Waals surface area (Å²) in [5.41, 5.74) is 0.308. The third-order valence-corrected chi connectivity index (χ3v) is 2.90. The molecule has 0 saturated carbocycles. The number of carbonyl (C=O) groups excluding carboxylic acids is 2. The van der Waals surface area contributed by atoms with Crippen molar-refractivity contribution in [2.45, 2.75) is 11.8 Å². The molecule has 1 rings (SSSR count). The van der Waals surface area contributed by atoms with Crippen molar-refractivity contribution in [3.05, 3.63) is 33.7 Å². The van der Waals surface area contributed by atoms with Crippen LogP contribution in [0.1, 0.15) is 16.1 Å². The number of hydrogen-bond acceptors (Lipinski definition) is 4. The second kappa shape index (κ2) is 6.34. The second-order valence-corrected chi connectivity index (χ2v) is 4.70. The molecule has 1 amide bonds. The lowest BCUT2D eigenvalue weighted by atomic mass is 10.2. The highest BCUT2D eigenvalue weighted by Gasteiger charge is 2.17. The van der Waals surface area contributed by atoms with E-state index < -0.39 is 16.7 Å². The lowest BCUT2D eigenvalue weighted by Gasteiger charge is -2.09. The van der Waals surface area contributed by atoms with Crippen LogP contribution >= 0.6 is 15.9 Å². The van der Waals surface area contributed by atoms with Crippen LogP contribution in [0.5, 0.6) is 0 Å². The van der Waals surface area contributed by atoms with E-state index >= 15 is 0 Å². The molecule has 0 radical (unpaired) electrons. The zero-order valence-corrected chi connectivity index (χ0v) is 11.5. The summed E-state index contributed by atoms with van der Waals surface area (Å²) in [5.74, 6) is -1.03. The van der Waals surface area contributed by atoms with Gasteiger partial charge in [0.05, 0.1) is 7.11 Å². The number of rotatable bonds is 4. The van der Waals surface area contributed by atoms with Crippen LogP contribution in [-0.2, 0) is 9.53 Å². The van der Waals surface area contributed by atoms with E-state index in [4.69, 9.17) is 0 Å². The fraction of sp³-hybridized carbons (Fsp3) is 0.364. The van der Waals surface area contributed by atoms with Crippen LogP contribution < -0.4 is 10.7 Å². The molecule has 0 aliphatic rings. The molecule has 0 aromatic carbocycles. The summed E-state index contributed by atoms with van der Waals surface area (Å²) in [6.45, 7) is 1.76. The van der Waals surface area contributed by atoms with Crippen molar-refractivity contribution in [2.75, 3.05) is 13.7 Å². The minimum Gasteiger partial charge on any atom is -0.468 e. The van der Waals surface area contributed by atoms with Gasteiger partial charge >= 0.3 is 5.97 Å². The van der Waals surface area contributed by atoms with E-state index in [0.29, 0.717) is 5.69 Å². The fourth-order valence-electron chi connectivity index (χ4n) is 1.24. The largest absolute Gasteiger partial charge is 0.468 e. The van der Waals surface area contributed by atoms with Gasteiger partial charge in [0.1, 0.15) is 10.4 Å². The van der Waals surface area contributed by atoms with Crippen LogP contribution in [0.25, 0.3) is 0 Å². The van der Waals surface area contributed by atoms with E-state index in [9.17, 15) is 14.4 Å². The van der Waals surface area contributed by atoms with Crippen molar-refractivity contribution < 1.29 is 14.3 Å². The van der Waals surface area contributed by atoms with Crippen molar-refractivity contribution >= 4 is 27.8 Å². The molecule has 1 atom stereocenters. The van der Waals surface area contributed by atoms with Crippen molar-refractivity contribution in [1.29, 1.82) is 0 Å². The molecule has 0 spiro atoms. The van der Waals surface area contributed by atoms with Crippen LogP contribution in [0.15, 0.2) is 17.1 Å². The number of aromatic nitrogens is 1. The number of alkyl halides is 1. The van der Waals surface area contributed by atoms with Gasteiger partial charge in [0.2, 0.25) is 0 Å². The summed E-state index contributed by atoms with van der Waals surface area (Å²) < 4.78 is 4.48. The zero-order valence-electron chi connectivity index (χ0n) is 9.95. The number of nitrogens with one attached hydrogen (secondary N) is 2. The summed E-state index contributed by atoms with van der Waals surface area (Å²) >= 11 is 3.06. The number of carbonyl (C=O) groups is 2. The van der Waals surface area contributed by atoms with Crippen LogP contribution in [0.4, 0.5) is 0 Å². The number of H-pyrrole nitrogens is 1. The van der Waals surface area contributed by atoms with Crippen molar-refractivity contribution in [3.8, 4) is 0 Å². The predicted octanol–water partition coefficient (Wildman–Crippen LogP) is 0.350. The Morgan fingerprint density at radius 1 is 1.56 bits per heavy atom. The first-order valence-electron chi connectivity index (χ1n) is 5.15. The number of amides is 1. The molecule has 18 heavy (non-hydrogen) atoms. The topological polar surface area (TPSA) is 88.3 Å². The Bertz CT molecular complexity index is 512. The first-order valence-corrected chi connectivity index (χ1v) is 6.06. The van der Waals surface area contributed by atoms with E-state index in [2.05, 4.69) is 31.0 Å². The minimum atomic E-state index is -0.643. The molecule has 1 unspecified atom stereocenters. The Labute approximate surface area is 112 Å². The summed E-state index contributed by atoms with van der Waals surface area (Å²) in [5, 5.41) is 2.47. The lowest BCUT2D eigenvalue weighted by Crippen LogP contribution is -2.36. The van der Waals surface area contributed by atoms with E-state index in [-0.39, 0.29) is 17.5 Å². The number of aryl methyl sites for hydroxylation is 1. The number of aromatic amines is 1. The summed E-state index contributed by atoms with van der Waals surface area (Å²) in [4.78, 5) is 36.4. The molecule has 0 fully saturated rings. The van der Waals surface area contributed by atoms with Crippen molar-refractivity contribution in [3.63, 3.8) is 0 Å². The van der Waals surface area contributed by atoms with Gasteiger partial charge in [-0.2, -0.15) is 0 Å². The molecule has 98 valence electrons. The van der Waals surface area contributed by atoms with Gasteiger partial charge in [-0.15, -0.1) is 0 Å². The highest BCUT2D eigenvalue weighted by atomic mass is 79.9. The number of ether oxygens (including phenoxy) is 1. The molecule has 1 aromatic rings. The monoisotopic (exact) mass is 316 g/mol. The maximum Gasteiger partial charge on any atom is 0.321 e. The van der Waals surface area contributed by atoms with E-state index in [1.165, 1.54) is 19.4 Å². The summed E-state index contributed by atoms with van der Waals surface area (Å²) in [6.07, 6.45) is 1.34. The van der Waals surface area contributed by atoms with E-state index in [1.807, 2.05) is 0 Å². The van der Waals surface area contributed by atoms with Crippen molar-refractivity contribution in [1.82, 2.24) is 10.3 Å². The summed E-state index contributed by atoms with van der Waals surface area (Å²) in [6, 6.07) is 1.33. The standard InChI is InChI=1S/C11H13BrN2O4/c1-6-3-9(15)7(4-13-6)10(16)14-5-8(12)11(17)18-2/h3-4,8H,5H2,1-2H3,(H,13,15)(H,14,16). The normalized spacial score (nSPS) is 11.7. The van der Waals surface area contributed by atoms with Crippen LogP contribution in [0.3, 0.4) is 0 Å². The SMILES string of the molecule is COC(=O)C(Br)CNC(=O)c1c[nH]c(C)cc1=O. The quantitative estimate of drug-likeness (QED) is 0.619. The Morgan fingerprint density at radius 3 is 2.78 bits per heavy atom. The molecule has 0 saturated heterocycles. The van der Waals surface area contributed by atoms with Gasteiger partial charge in [-0.25, -0.2) is 0 Å². The highest BCUT2D eigenvalue weighted by molar-refractivity contribution is 9.10. The van der Waals surface area contributed by atoms with Gasteiger partial charge in [0, 0.05) is 24.5 Å². The predicted molar refractivity (Wildman–Crippen MR) is 68.9 cm³/mol. The second-order valence-electron chi connectivity index (χ2n) is 3.59. The van der Waals surface area contributed by atoms with E-state index in [0.717, 1.165) is 0 Å². The maximum atomic E-state index is 11.7. The molecule has 6 nitrogen and oxygen atoms in total. The van der Waals surface area contributed by atoms with Gasteiger partial charge in [-0.3, -0.25) is 14.4 Å². The number of halogens is 1. The Kier molecular flexibility index (Phi) is 5.08. The van der Waals surface area contributed by atoms with Crippen LogP contribution in [0.2, 0.25) is 0 Å². The van der Waals surface area contributed by atoms with Gasteiger partial charge in [-0.05, 0) is 6.92 Å². The molecule has 7 heteroatoms. The average Bonchev–Trinajstić information content (AvgIpc) is 2.34. The fourth-order valence-corrected chi connectivity index (χ4v) is 1.59. The number of methoxy groups -OCH3 is 1. The first kappa shape index (κ1) is 14.4. The van der Waals surface area contributed by atoms with Gasteiger partial charge < -0.3 is 15.0 Å². The van der Waals surface area contributed by atoms with Gasteiger partial charge in [-0.1, -0.05) is 15.9 Å². The lowest BCUT2D eigenvalue weighted by molar-refractivity contribution is -0.139. The molecular formula is C11H13BrN2O4. The number of esters is 1. The van der Waals surface area contributed by atoms with Crippen LogP contribution in [0, 0.1) is 6.92 Å². The minimum absolute atomic E-state index is 0.00478. The van der Waals surface area contributed by atoms with Gasteiger partial charge in [0.25, 0.3) is 5.91 Å². The van der Waals surface area contributed by atoms with Crippen molar-refractivity contribution in [2.24, 2.45) is 0 Å². The Morgan fingerprint density at radius 2 is 2.22 bits per heavy atom. The molecule has 1 aromatic heterocycles. The smallest absolute Gasteiger partial charge is 0.321 e.